The van der Waals surface area contributed by atoms with Gasteiger partial charge in [-0.25, -0.2) is 0 Å². The van der Waals surface area contributed by atoms with Crippen molar-refractivity contribution < 1.29 is 0 Å². The zero-order chi connectivity index (χ0) is 44.1. The zero-order valence-electron chi connectivity index (χ0n) is 36.7. The first-order valence-electron chi connectivity index (χ1n) is 22.4. The van der Waals surface area contributed by atoms with Crippen molar-refractivity contribution in [3.63, 3.8) is 0 Å². The van der Waals surface area contributed by atoms with Crippen LogP contribution in [0.4, 0.5) is 34.1 Å². The molecule has 0 saturated heterocycles. The van der Waals surface area contributed by atoms with E-state index >= 15 is 0 Å². The molecule has 0 radical (unpaired) electrons. The van der Waals surface area contributed by atoms with Gasteiger partial charge >= 0.3 is 0 Å². The van der Waals surface area contributed by atoms with Gasteiger partial charge in [0.2, 0.25) is 0 Å². The molecule has 0 saturated carbocycles. The van der Waals surface area contributed by atoms with Crippen molar-refractivity contribution in [3.8, 4) is 33.4 Å². The summed E-state index contributed by atoms with van der Waals surface area (Å²) in [5.41, 5.74) is 18.5. The van der Waals surface area contributed by atoms with E-state index in [9.17, 15) is 0 Å². The molecule has 2 heteroatoms. The minimum absolute atomic E-state index is 0.286. The van der Waals surface area contributed by atoms with Crippen molar-refractivity contribution in [1.29, 1.82) is 0 Å². The molecule has 310 valence electrons. The molecular formula is C63H48N2. The number of hydrogen-bond acceptors (Lipinski definition) is 2. The van der Waals surface area contributed by atoms with E-state index in [1.807, 2.05) is 12.2 Å². The average Bonchev–Trinajstić information content (AvgIpc) is 3.59. The highest BCUT2D eigenvalue weighted by Crippen LogP contribution is 2.53. The summed E-state index contributed by atoms with van der Waals surface area (Å²) in [5.74, 6) is 0. The minimum Gasteiger partial charge on any atom is -0.310 e. The molecule has 0 bridgehead atoms. The number of rotatable bonds is 10. The summed E-state index contributed by atoms with van der Waals surface area (Å²) in [5, 5.41) is 4.83. The SMILES string of the molecule is C=Cc1cccc(-c2ccc(N(c3ccc4c(c3)C(C)(C)c3cc(N(c5ccc(-c6cccc(C=C)c6)cc5)c5cccc6ccccc56)ccc3-4)c3cccc4ccccc34)cc2)c1. The summed E-state index contributed by atoms with van der Waals surface area (Å²) in [4.78, 5) is 4.85. The summed E-state index contributed by atoms with van der Waals surface area (Å²) < 4.78 is 0. The lowest BCUT2D eigenvalue weighted by Crippen LogP contribution is -2.18. The van der Waals surface area contributed by atoms with E-state index in [4.69, 9.17) is 0 Å². The molecule has 0 fully saturated rings. The molecule has 0 aromatic heterocycles. The second-order valence-electron chi connectivity index (χ2n) is 17.5. The molecule has 0 spiro atoms. The maximum absolute atomic E-state index is 3.99. The fourth-order valence-corrected chi connectivity index (χ4v) is 9.95. The van der Waals surface area contributed by atoms with E-state index in [1.54, 1.807) is 0 Å². The van der Waals surface area contributed by atoms with E-state index < -0.39 is 0 Å². The largest absolute Gasteiger partial charge is 0.310 e. The molecule has 65 heavy (non-hydrogen) atoms. The molecule has 1 aliphatic carbocycles. The van der Waals surface area contributed by atoms with Gasteiger partial charge < -0.3 is 9.80 Å². The molecule has 0 heterocycles. The molecule has 10 aromatic rings. The molecule has 0 unspecified atom stereocenters. The third-order valence-electron chi connectivity index (χ3n) is 13.3. The summed E-state index contributed by atoms with van der Waals surface area (Å²) in [6.07, 6.45) is 3.80. The van der Waals surface area contributed by atoms with Gasteiger partial charge in [-0.15, -0.1) is 0 Å². The predicted octanol–water partition coefficient (Wildman–Crippen LogP) is 17.9. The monoisotopic (exact) mass is 832 g/mol. The smallest absolute Gasteiger partial charge is 0.0540 e. The van der Waals surface area contributed by atoms with Crippen molar-refractivity contribution in [3.05, 3.63) is 254 Å². The minimum atomic E-state index is -0.286. The lowest BCUT2D eigenvalue weighted by Gasteiger charge is -2.30. The van der Waals surface area contributed by atoms with E-state index in [0.717, 1.165) is 45.3 Å². The number of nitrogens with zero attached hydrogens (tertiary/aromatic N) is 2. The number of benzene rings is 10. The van der Waals surface area contributed by atoms with Crippen LogP contribution in [0.15, 0.2) is 232 Å². The topological polar surface area (TPSA) is 6.48 Å². The van der Waals surface area contributed by atoms with Crippen LogP contribution in [0, 0.1) is 0 Å². The third-order valence-corrected chi connectivity index (χ3v) is 13.3. The van der Waals surface area contributed by atoms with Crippen LogP contribution >= 0.6 is 0 Å². The van der Waals surface area contributed by atoms with Crippen LogP contribution in [0.1, 0.15) is 36.1 Å². The molecule has 0 aliphatic heterocycles. The molecule has 0 atom stereocenters. The van der Waals surface area contributed by atoms with Gasteiger partial charge in [0.05, 0.1) is 11.4 Å². The Morgan fingerprint density at radius 2 is 0.738 bits per heavy atom. The van der Waals surface area contributed by atoms with Crippen LogP contribution in [-0.2, 0) is 5.41 Å². The second kappa shape index (κ2) is 16.2. The van der Waals surface area contributed by atoms with E-state index in [0.29, 0.717) is 0 Å². The van der Waals surface area contributed by atoms with Gasteiger partial charge in [0.1, 0.15) is 0 Å². The molecule has 10 aromatic carbocycles. The quantitative estimate of drug-likeness (QED) is 0.135. The summed E-state index contributed by atoms with van der Waals surface area (Å²) >= 11 is 0. The Morgan fingerprint density at radius 1 is 0.354 bits per heavy atom. The summed E-state index contributed by atoms with van der Waals surface area (Å²) in [6, 6.07) is 79.8. The highest BCUT2D eigenvalue weighted by molar-refractivity contribution is 6.01. The Morgan fingerprint density at radius 3 is 1.17 bits per heavy atom. The Labute approximate surface area is 382 Å². The van der Waals surface area contributed by atoms with E-state index in [1.165, 1.54) is 66.1 Å². The third kappa shape index (κ3) is 7.01. The predicted molar refractivity (Wildman–Crippen MR) is 279 cm³/mol. The molecule has 0 N–H and O–H groups in total. The molecule has 0 amide bonds. The Hall–Kier alpha value is -8.20. The fourth-order valence-electron chi connectivity index (χ4n) is 9.95. The van der Waals surface area contributed by atoms with Crippen molar-refractivity contribution in [1.82, 2.24) is 0 Å². The average molecular weight is 833 g/mol. The van der Waals surface area contributed by atoms with Gasteiger partial charge in [0.25, 0.3) is 0 Å². The van der Waals surface area contributed by atoms with Crippen LogP contribution in [0.3, 0.4) is 0 Å². The second-order valence-corrected chi connectivity index (χ2v) is 17.5. The van der Waals surface area contributed by atoms with Crippen molar-refractivity contribution in [2.75, 3.05) is 9.80 Å². The maximum atomic E-state index is 3.99. The number of fused-ring (bicyclic) bond motifs is 5. The number of hydrogen-bond donors (Lipinski definition) is 0. The first kappa shape index (κ1) is 39.6. The standard InChI is InChI=1S/C63H48N2/c1-5-43-15-11-21-49(39-43)45-27-31-51(32-28-45)64(61-25-13-19-47-17-7-9-23-55(47)61)53-35-37-57-58-38-36-54(42-60(58)63(3,4)59(57)41-53)65(62-26-14-20-48-18-8-10-24-56(48)62)52-33-29-46(30-34-52)50-22-12-16-44(6-2)40-50/h5-42H,1-2H2,3-4H3. The Kier molecular flexibility index (Phi) is 9.86. The highest BCUT2D eigenvalue weighted by atomic mass is 15.1. The summed E-state index contributed by atoms with van der Waals surface area (Å²) in [6.45, 7) is 12.8. The van der Waals surface area contributed by atoms with Crippen molar-refractivity contribution >= 4 is 67.8 Å². The number of anilines is 6. The fraction of sp³-hybridized carbons (Fsp3) is 0.0476. The van der Waals surface area contributed by atoms with E-state index in [2.05, 4.69) is 255 Å². The molecule has 1 aliphatic rings. The van der Waals surface area contributed by atoms with Gasteiger partial charge in [-0.2, -0.15) is 0 Å². The van der Waals surface area contributed by atoms with Gasteiger partial charge in [0, 0.05) is 38.9 Å². The maximum Gasteiger partial charge on any atom is 0.0540 e. The zero-order valence-corrected chi connectivity index (χ0v) is 36.7. The first-order valence-corrected chi connectivity index (χ1v) is 22.4. The lowest BCUT2D eigenvalue weighted by atomic mass is 9.82. The molecular weight excluding hydrogens is 785 g/mol. The Balaban J connectivity index is 1.02. The molecule has 11 rings (SSSR count). The summed E-state index contributed by atoms with van der Waals surface area (Å²) in [7, 11) is 0. The van der Waals surface area contributed by atoms with Crippen molar-refractivity contribution in [2.24, 2.45) is 0 Å². The molecule has 2 nitrogen and oxygen atoms in total. The van der Waals surface area contributed by atoms with Crippen LogP contribution in [0.5, 0.6) is 0 Å². The van der Waals surface area contributed by atoms with Crippen LogP contribution in [0.25, 0.3) is 67.1 Å². The van der Waals surface area contributed by atoms with Crippen LogP contribution in [0.2, 0.25) is 0 Å². The van der Waals surface area contributed by atoms with E-state index in [-0.39, 0.29) is 5.41 Å². The lowest BCUT2D eigenvalue weighted by molar-refractivity contribution is 0.660. The van der Waals surface area contributed by atoms with Gasteiger partial charge in [-0.05, 0) is 139 Å². The van der Waals surface area contributed by atoms with Crippen LogP contribution in [-0.4, -0.2) is 0 Å². The first-order chi connectivity index (χ1) is 31.9. The van der Waals surface area contributed by atoms with Gasteiger partial charge in [0.15, 0.2) is 0 Å². The van der Waals surface area contributed by atoms with Crippen molar-refractivity contribution in [2.45, 2.75) is 19.3 Å². The normalized spacial score (nSPS) is 12.4. The highest BCUT2D eigenvalue weighted by Gasteiger charge is 2.37. The van der Waals surface area contributed by atoms with Crippen LogP contribution < -0.4 is 9.80 Å². The van der Waals surface area contributed by atoms with Gasteiger partial charge in [-0.1, -0.05) is 185 Å². The Bertz CT molecular complexity index is 3210. The van der Waals surface area contributed by atoms with Gasteiger partial charge in [-0.3, -0.25) is 0 Å².